The van der Waals surface area contributed by atoms with Crippen molar-refractivity contribution in [2.75, 3.05) is 6.54 Å². The highest BCUT2D eigenvalue weighted by Gasteiger charge is 2.45. The molecule has 0 radical (unpaired) electrons. The fraction of sp³-hybridized carbons (Fsp3) is 0.647. The Morgan fingerprint density at radius 2 is 2.00 bits per heavy atom. The Hall–Kier alpha value is -0.470. The van der Waals surface area contributed by atoms with Crippen LogP contribution in [0.1, 0.15) is 45.6 Å². The van der Waals surface area contributed by atoms with Crippen LogP contribution >= 0.6 is 11.8 Å². The molecular weight excluding hydrogens is 250 g/mol. The Kier molecular flexibility index (Phi) is 3.43. The summed E-state index contributed by atoms with van der Waals surface area (Å²) in [5.41, 5.74) is 2.42. The molecule has 1 nitrogen and oxygen atoms in total. The van der Waals surface area contributed by atoms with Gasteiger partial charge in [0.1, 0.15) is 0 Å². The van der Waals surface area contributed by atoms with Crippen LogP contribution in [0.4, 0.5) is 0 Å². The van der Waals surface area contributed by atoms with E-state index in [1.165, 1.54) is 37.1 Å². The summed E-state index contributed by atoms with van der Waals surface area (Å²) < 4.78 is 0. The maximum atomic E-state index is 3.71. The number of thioether (sulfide) groups is 1. The van der Waals surface area contributed by atoms with Gasteiger partial charge in [-0.2, -0.15) is 0 Å². The number of nitrogens with one attached hydrogen (secondary N) is 1. The molecule has 1 N–H and O–H groups in total. The SMILES string of the molecule is CC(C)(C)NCC1(CC2Cc3ccccc3S2)CC1. The van der Waals surface area contributed by atoms with Crippen LogP contribution in [0.15, 0.2) is 29.2 Å². The minimum Gasteiger partial charge on any atom is -0.312 e. The third-order valence-corrected chi connectivity index (χ3v) is 5.64. The molecule has 2 heteroatoms. The first kappa shape index (κ1) is 13.5. The first-order valence-electron chi connectivity index (χ1n) is 7.45. The molecule has 1 aliphatic heterocycles. The van der Waals surface area contributed by atoms with E-state index in [2.05, 4.69) is 62.1 Å². The lowest BCUT2D eigenvalue weighted by atomic mass is 9.95. The molecule has 1 saturated carbocycles. The predicted octanol–water partition coefficient (Wildman–Crippen LogP) is 4.26. The van der Waals surface area contributed by atoms with Gasteiger partial charge >= 0.3 is 0 Å². The molecule has 2 aliphatic rings. The van der Waals surface area contributed by atoms with E-state index in [0.717, 1.165) is 5.25 Å². The molecule has 1 fully saturated rings. The van der Waals surface area contributed by atoms with Crippen LogP contribution in [-0.4, -0.2) is 17.3 Å². The van der Waals surface area contributed by atoms with Crippen LogP contribution < -0.4 is 5.32 Å². The van der Waals surface area contributed by atoms with E-state index in [9.17, 15) is 0 Å². The van der Waals surface area contributed by atoms with E-state index in [0.29, 0.717) is 5.41 Å². The highest BCUT2D eigenvalue weighted by molar-refractivity contribution is 8.00. The normalized spacial score (nSPS) is 24.3. The average molecular weight is 275 g/mol. The van der Waals surface area contributed by atoms with Crippen LogP contribution in [0, 0.1) is 5.41 Å². The summed E-state index contributed by atoms with van der Waals surface area (Å²) in [6.45, 7) is 8.00. The van der Waals surface area contributed by atoms with Gasteiger partial charge in [-0.3, -0.25) is 0 Å². The molecule has 1 atom stereocenters. The monoisotopic (exact) mass is 275 g/mol. The number of benzene rings is 1. The molecular formula is C17H25NS. The van der Waals surface area contributed by atoms with Gasteiger partial charge in [0.2, 0.25) is 0 Å². The Balaban J connectivity index is 1.56. The van der Waals surface area contributed by atoms with Gasteiger partial charge < -0.3 is 5.32 Å². The van der Waals surface area contributed by atoms with Gasteiger partial charge in [-0.05, 0) is 63.5 Å². The molecule has 1 aliphatic carbocycles. The number of hydrogen-bond acceptors (Lipinski definition) is 2. The average Bonchev–Trinajstić information content (AvgIpc) is 2.97. The van der Waals surface area contributed by atoms with Crippen molar-refractivity contribution < 1.29 is 0 Å². The summed E-state index contributed by atoms with van der Waals surface area (Å²) in [5, 5.41) is 4.52. The zero-order valence-corrected chi connectivity index (χ0v) is 13.1. The highest BCUT2D eigenvalue weighted by Crippen LogP contribution is 2.53. The zero-order valence-electron chi connectivity index (χ0n) is 12.3. The minimum atomic E-state index is 0.251. The van der Waals surface area contributed by atoms with Crippen molar-refractivity contribution in [2.45, 2.75) is 62.1 Å². The van der Waals surface area contributed by atoms with Crippen molar-refractivity contribution in [2.24, 2.45) is 5.41 Å². The minimum absolute atomic E-state index is 0.251. The topological polar surface area (TPSA) is 12.0 Å². The zero-order chi connectivity index (χ0) is 13.5. The summed E-state index contributed by atoms with van der Waals surface area (Å²) in [5.74, 6) is 0. The molecule has 0 bridgehead atoms. The Bertz CT molecular complexity index is 432. The van der Waals surface area contributed by atoms with Crippen molar-refractivity contribution in [1.29, 1.82) is 0 Å². The molecule has 1 aromatic carbocycles. The fourth-order valence-electron chi connectivity index (χ4n) is 2.93. The highest BCUT2D eigenvalue weighted by atomic mass is 32.2. The van der Waals surface area contributed by atoms with Crippen molar-refractivity contribution in [1.82, 2.24) is 5.32 Å². The largest absolute Gasteiger partial charge is 0.312 e. The number of fused-ring (bicyclic) bond motifs is 1. The Morgan fingerprint density at radius 3 is 2.63 bits per heavy atom. The van der Waals surface area contributed by atoms with Crippen molar-refractivity contribution >= 4 is 11.8 Å². The first-order chi connectivity index (χ1) is 8.96. The van der Waals surface area contributed by atoms with Crippen molar-refractivity contribution in [3.8, 4) is 0 Å². The van der Waals surface area contributed by atoms with Crippen LogP contribution in [0.2, 0.25) is 0 Å². The molecule has 19 heavy (non-hydrogen) atoms. The Morgan fingerprint density at radius 1 is 1.26 bits per heavy atom. The van der Waals surface area contributed by atoms with E-state index in [1.54, 1.807) is 5.56 Å². The summed E-state index contributed by atoms with van der Waals surface area (Å²) in [6.07, 6.45) is 5.50. The maximum absolute atomic E-state index is 3.71. The first-order valence-corrected chi connectivity index (χ1v) is 8.33. The second-order valence-corrected chi connectivity index (χ2v) is 8.70. The van der Waals surface area contributed by atoms with Crippen molar-refractivity contribution in [3.63, 3.8) is 0 Å². The van der Waals surface area contributed by atoms with Gasteiger partial charge in [0.15, 0.2) is 0 Å². The van der Waals surface area contributed by atoms with Crippen LogP contribution in [0.25, 0.3) is 0 Å². The summed E-state index contributed by atoms with van der Waals surface area (Å²) in [6, 6.07) is 8.93. The second-order valence-electron chi connectivity index (χ2n) is 7.36. The lowest BCUT2D eigenvalue weighted by molar-refractivity contribution is 0.342. The van der Waals surface area contributed by atoms with Crippen molar-refractivity contribution in [3.05, 3.63) is 29.8 Å². The van der Waals surface area contributed by atoms with Gasteiger partial charge in [-0.25, -0.2) is 0 Å². The lowest BCUT2D eigenvalue weighted by Crippen LogP contribution is -2.40. The van der Waals surface area contributed by atoms with E-state index in [1.807, 2.05) is 0 Å². The Labute approximate surface area is 121 Å². The smallest absolute Gasteiger partial charge is 0.0141 e. The third-order valence-electron chi connectivity index (χ3n) is 4.33. The second kappa shape index (κ2) is 4.82. The van der Waals surface area contributed by atoms with E-state index in [-0.39, 0.29) is 5.54 Å². The van der Waals surface area contributed by atoms with Crippen LogP contribution in [0.5, 0.6) is 0 Å². The van der Waals surface area contributed by atoms with Gasteiger partial charge in [0.05, 0.1) is 0 Å². The molecule has 0 amide bonds. The third kappa shape index (κ3) is 3.35. The predicted molar refractivity (Wildman–Crippen MR) is 83.8 cm³/mol. The molecule has 104 valence electrons. The summed E-state index contributed by atoms with van der Waals surface area (Å²) in [4.78, 5) is 1.52. The molecule has 0 spiro atoms. The number of hydrogen-bond donors (Lipinski definition) is 1. The van der Waals surface area contributed by atoms with E-state index in [4.69, 9.17) is 0 Å². The van der Waals surface area contributed by atoms with Crippen LogP contribution in [0.3, 0.4) is 0 Å². The van der Waals surface area contributed by atoms with Gasteiger partial charge in [0.25, 0.3) is 0 Å². The summed E-state index contributed by atoms with van der Waals surface area (Å²) in [7, 11) is 0. The molecule has 3 rings (SSSR count). The van der Waals surface area contributed by atoms with Gasteiger partial charge in [-0.1, -0.05) is 18.2 Å². The molecule has 1 aromatic rings. The molecule has 1 unspecified atom stereocenters. The summed E-state index contributed by atoms with van der Waals surface area (Å²) >= 11 is 2.11. The van der Waals surface area contributed by atoms with E-state index >= 15 is 0 Å². The van der Waals surface area contributed by atoms with Gasteiger partial charge in [0, 0.05) is 22.2 Å². The van der Waals surface area contributed by atoms with Gasteiger partial charge in [-0.15, -0.1) is 11.8 Å². The number of rotatable bonds is 4. The molecule has 0 aromatic heterocycles. The quantitative estimate of drug-likeness (QED) is 0.881. The molecule has 0 saturated heterocycles. The van der Waals surface area contributed by atoms with Crippen LogP contribution in [-0.2, 0) is 6.42 Å². The maximum Gasteiger partial charge on any atom is 0.0141 e. The standard InChI is InChI=1S/C17H25NS/c1-16(2,3)18-12-17(8-9-17)11-14-10-13-6-4-5-7-15(13)19-14/h4-7,14,18H,8-12H2,1-3H3. The lowest BCUT2D eigenvalue weighted by Gasteiger charge is -2.26. The van der Waals surface area contributed by atoms with E-state index < -0.39 is 0 Å². The fourth-order valence-corrected chi connectivity index (χ4v) is 4.45. The molecule has 1 heterocycles.